The summed E-state index contributed by atoms with van der Waals surface area (Å²) in [7, 11) is 1.53. The topological polar surface area (TPSA) is 93.2 Å². The van der Waals surface area contributed by atoms with E-state index in [1.165, 1.54) is 19.5 Å². The summed E-state index contributed by atoms with van der Waals surface area (Å²) in [5.41, 5.74) is 1.26. The predicted octanol–water partition coefficient (Wildman–Crippen LogP) is 2.23. The Morgan fingerprint density at radius 1 is 1.38 bits per heavy atom. The number of rotatable bonds is 5. The molecule has 134 valence electrons. The number of thiophene rings is 1. The van der Waals surface area contributed by atoms with E-state index in [0.717, 1.165) is 17.0 Å². The highest BCUT2D eigenvalue weighted by Gasteiger charge is 2.30. The van der Waals surface area contributed by atoms with Crippen LogP contribution in [0, 0.1) is 0 Å². The molecule has 8 nitrogen and oxygen atoms in total. The number of amides is 1. The second-order valence-electron chi connectivity index (χ2n) is 5.82. The van der Waals surface area contributed by atoms with E-state index in [0.29, 0.717) is 30.5 Å². The molecule has 4 heterocycles. The maximum Gasteiger partial charge on any atom is 0.274 e. The third kappa shape index (κ3) is 3.38. The van der Waals surface area contributed by atoms with E-state index in [4.69, 9.17) is 9.47 Å². The molecule has 1 aliphatic heterocycles. The smallest absolute Gasteiger partial charge is 0.274 e. The van der Waals surface area contributed by atoms with Gasteiger partial charge in [0.2, 0.25) is 11.8 Å². The first-order valence-corrected chi connectivity index (χ1v) is 9.02. The molecule has 1 fully saturated rings. The number of carbonyl (C=O) groups is 1. The second-order valence-corrected chi connectivity index (χ2v) is 6.77. The molecule has 1 aliphatic rings. The van der Waals surface area contributed by atoms with Gasteiger partial charge in [-0.1, -0.05) is 6.07 Å². The second kappa shape index (κ2) is 7.12. The number of methoxy groups -OCH3 is 1. The Morgan fingerprint density at radius 3 is 3.08 bits per heavy atom. The lowest BCUT2D eigenvalue weighted by atomic mass is 10.3. The first kappa shape index (κ1) is 16.5. The number of ether oxygens (including phenoxy) is 2. The van der Waals surface area contributed by atoms with Crippen LogP contribution in [0.4, 0.5) is 0 Å². The number of H-pyrrole nitrogens is 1. The minimum Gasteiger partial charge on any atom is -0.480 e. The van der Waals surface area contributed by atoms with Crippen molar-refractivity contribution in [3.8, 4) is 22.3 Å². The van der Waals surface area contributed by atoms with Gasteiger partial charge in [0, 0.05) is 13.0 Å². The van der Waals surface area contributed by atoms with Gasteiger partial charge in [0.25, 0.3) is 5.91 Å². The number of nitrogens with one attached hydrogen (secondary N) is 1. The molecule has 9 heteroatoms. The zero-order valence-corrected chi connectivity index (χ0v) is 14.9. The Labute approximate surface area is 153 Å². The van der Waals surface area contributed by atoms with Crippen molar-refractivity contribution in [2.24, 2.45) is 0 Å². The van der Waals surface area contributed by atoms with Crippen LogP contribution in [0.25, 0.3) is 10.6 Å². The quantitative estimate of drug-likeness (QED) is 0.739. The van der Waals surface area contributed by atoms with Crippen molar-refractivity contribution >= 4 is 17.2 Å². The molecule has 1 amide bonds. The van der Waals surface area contributed by atoms with Crippen LogP contribution in [0.5, 0.6) is 11.8 Å². The van der Waals surface area contributed by atoms with Crippen molar-refractivity contribution in [2.45, 2.75) is 12.5 Å². The molecule has 1 atom stereocenters. The first-order chi connectivity index (χ1) is 12.7. The standard InChI is InChI=1S/C17H17N5O3S/c1-24-15-8-18-9-16(19-15)25-11-4-5-22(10-11)17(23)13-7-12(20-21-13)14-3-2-6-26-14/h2-3,6-9,11H,4-5,10H2,1H3,(H,20,21). The molecule has 0 aromatic carbocycles. The fourth-order valence-corrected chi connectivity index (χ4v) is 3.51. The molecule has 1 unspecified atom stereocenters. The monoisotopic (exact) mass is 371 g/mol. The van der Waals surface area contributed by atoms with Gasteiger partial charge in [-0.15, -0.1) is 11.3 Å². The van der Waals surface area contributed by atoms with E-state index < -0.39 is 0 Å². The summed E-state index contributed by atoms with van der Waals surface area (Å²) in [5, 5.41) is 9.07. The number of aromatic amines is 1. The molecule has 1 N–H and O–H groups in total. The van der Waals surface area contributed by atoms with Crippen LogP contribution in [-0.2, 0) is 0 Å². The average Bonchev–Trinajstić information content (AvgIpc) is 3.41. The molecule has 4 rings (SSSR count). The normalized spacial score (nSPS) is 16.7. The number of hydrogen-bond acceptors (Lipinski definition) is 7. The van der Waals surface area contributed by atoms with E-state index in [2.05, 4.69) is 20.2 Å². The first-order valence-electron chi connectivity index (χ1n) is 8.14. The fraction of sp³-hybridized carbons (Fsp3) is 0.294. The summed E-state index contributed by atoms with van der Waals surface area (Å²) >= 11 is 1.60. The van der Waals surface area contributed by atoms with Gasteiger partial charge < -0.3 is 14.4 Å². The van der Waals surface area contributed by atoms with E-state index >= 15 is 0 Å². The Morgan fingerprint density at radius 2 is 2.27 bits per heavy atom. The molecule has 1 saturated heterocycles. The molecule has 0 aliphatic carbocycles. The fourth-order valence-electron chi connectivity index (χ4n) is 2.82. The highest BCUT2D eigenvalue weighted by molar-refractivity contribution is 7.13. The number of aromatic nitrogens is 4. The van der Waals surface area contributed by atoms with E-state index in [1.54, 1.807) is 22.3 Å². The Bertz CT molecular complexity index is 895. The van der Waals surface area contributed by atoms with Crippen LogP contribution in [0.3, 0.4) is 0 Å². The lowest BCUT2D eigenvalue weighted by molar-refractivity contribution is 0.0765. The van der Waals surface area contributed by atoms with Crippen LogP contribution >= 0.6 is 11.3 Å². The molecule has 0 spiro atoms. The number of hydrogen-bond donors (Lipinski definition) is 1. The highest BCUT2D eigenvalue weighted by Crippen LogP contribution is 2.24. The van der Waals surface area contributed by atoms with Crippen molar-refractivity contribution in [3.05, 3.63) is 41.7 Å². The molecule has 0 radical (unpaired) electrons. The molecule has 0 saturated carbocycles. The van der Waals surface area contributed by atoms with Gasteiger partial charge in [-0.05, 0) is 17.5 Å². The van der Waals surface area contributed by atoms with Gasteiger partial charge >= 0.3 is 0 Å². The zero-order valence-electron chi connectivity index (χ0n) is 14.1. The molecule has 26 heavy (non-hydrogen) atoms. The van der Waals surface area contributed by atoms with Crippen molar-refractivity contribution in [1.82, 2.24) is 25.1 Å². The summed E-state index contributed by atoms with van der Waals surface area (Å²) in [6, 6.07) is 5.74. The largest absolute Gasteiger partial charge is 0.480 e. The van der Waals surface area contributed by atoms with Gasteiger partial charge in [0.15, 0.2) is 5.69 Å². The van der Waals surface area contributed by atoms with E-state index in [-0.39, 0.29) is 12.0 Å². The summed E-state index contributed by atoms with van der Waals surface area (Å²) in [5.74, 6) is 0.682. The lowest BCUT2D eigenvalue weighted by Crippen LogP contribution is -2.31. The third-order valence-electron chi connectivity index (χ3n) is 4.10. The summed E-state index contributed by atoms with van der Waals surface area (Å²) in [6.07, 6.45) is 3.65. The number of nitrogens with zero attached hydrogens (tertiary/aromatic N) is 4. The van der Waals surface area contributed by atoms with Crippen LogP contribution in [0.2, 0.25) is 0 Å². The highest BCUT2D eigenvalue weighted by atomic mass is 32.1. The Hall–Kier alpha value is -2.94. The van der Waals surface area contributed by atoms with Crippen LogP contribution in [-0.4, -0.2) is 57.3 Å². The maximum atomic E-state index is 12.7. The zero-order chi connectivity index (χ0) is 17.9. The minimum atomic E-state index is -0.129. The summed E-state index contributed by atoms with van der Waals surface area (Å²) in [6.45, 7) is 1.10. The van der Waals surface area contributed by atoms with Gasteiger partial charge in [0.05, 0.1) is 36.6 Å². The average molecular weight is 371 g/mol. The number of carbonyl (C=O) groups excluding carboxylic acids is 1. The van der Waals surface area contributed by atoms with Crippen LogP contribution in [0.15, 0.2) is 36.0 Å². The van der Waals surface area contributed by atoms with Crippen molar-refractivity contribution in [1.29, 1.82) is 0 Å². The van der Waals surface area contributed by atoms with Crippen LogP contribution in [0.1, 0.15) is 16.9 Å². The van der Waals surface area contributed by atoms with Crippen molar-refractivity contribution in [2.75, 3.05) is 20.2 Å². The van der Waals surface area contributed by atoms with Crippen LogP contribution < -0.4 is 9.47 Å². The van der Waals surface area contributed by atoms with Gasteiger partial charge in [-0.2, -0.15) is 10.1 Å². The lowest BCUT2D eigenvalue weighted by Gasteiger charge is -2.15. The minimum absolute atomic E-state index is 0.105. The Kier molecular flexibility index (Phi) is 4.53. The van der Waals surface area contributed by atoms with Gasteiger partial charge in [-0.25, -0.2) is 0 Å². The van der Waals surface area contributed by atoms with Gasteiger partial charge in [0.1, 0.15) is 6.10 Å². The molecular weight excluding hydrogens is 354 g/mol. The van der Waals surface area contributed by atoms with Crippen molar-refractivity contribution in [3.63, 3.8) is 0 Å². The molecule has 0 bridgehead atoms. The van der Waals surface area contributed by atoms with Crippen molar-refractivity contribution < 1.29 is 14.3 Å². The SMILES string of the molecule is COc1cncc(OC2CCN(C(=O)c3cc(-c4cccs4)[nH]n3)C2)n1. The summed E-state index contributed by atoms with van der Waals surface area (Å²) < 4.78 is 10.9. The Balaban J connectivity index is 1.39. The van der Waals surface area contributed by atoms with E-state index in [1.807, 2.05) is 17.5 Å². The number of likely N-dealkylation sites (tertiary alicyclic amines) is 1. The summed E-state index contributed by atoms with van der Waals surface area (Å²) in [4.78, 5) is 23.7. The van der Waals surface area contributed by atoms with Gasteiger partial charge in [-0.3, -0.25) is 14.9 Å². The predicted molar refractivity (Wildman–Crippen MR) is 95.4 cm³/mol. The molecular formula is C17H17N5O3S. The van der Waals surface area contributed by atoms with E-state index in [9.17, 15) is 4.79 Å². The molecule has 3 aromatic heterocycles. The molecule has 3 aromatic rings. The maximum absolute atomic E-state index is 12.7. The third-order valence-corrected chi connectivity index (χ3v) is 5.01.